The highest BCUT2D eigenvalue weighted by molar-refractivity contribution is 5.31. The highest BCUT2D eigenvalue weighted by Crippen LogP contribution is 2.16. The molecule has 0 radical (unpaired) electrons. The van der Waals surface area contributed by atoms with Crippen LogP contribution in [0.5, 0.6) is 0 Å². The van der Waals surface area contributed by atoms with Gasteiger partial charge in [-0.3, -0.25) is 0 Å². The van der Waals surface area contributed by atoms with E-state index in [1.165, 1.54) is 22.4 Å². The van der Waals surface area contributed by atoms with Crippen LogP contribution in [-0.2, 0) is 26.4 Å². The first kappa shape index (κ1) is 13.8. The molecule has 0 saturated heterocycles. The molecule has 19 heavy (non-hydrogen) atoms. The fourth-order valence-electron chi connectivity index (χ4n) is 2.58. The van der Waals surface area contributed by atoms with E-state index in [9.17, 15) is 0 Å². The van der Waals surface area contributed by atoms with Crippen LogP contribution in [0.2, 0.25) is 0 Å². The number of imidazole rings is 1. The summed E-state index contributed by atoms with van der Waals surface area (Å²) in [6.45, 7) is 6.86. The van der Waals surface area contributed by atoms with E-state index in [1.54, 1.807) is 0 Å². The van der Waals surface area contributed by atoms with Gasteiger partial charge in [0.25, 0.3) is 0 Å². The van der Waals surface area contributed by atoms with Crippen molar-refractivity contribution in [3.05, 3.63) is 52.1 Å². The number of aromatic nitrogens is 2. The fourth-order valence-corrected chi connectivity index (χ4v) is 2.58. The minimum absolute atomic E-state index is 0.518. The maximum atomic E-state index is 5.78. The summed E-state index contributed by atoms with van der Waals surface area (Å²) in [5.41, 5.74) is 12.2. The molecule has 0 unspecified atom stereocenters. The van der Waals surface area contributed by atoms with Crippen molar-refractivity contribution in [3.63, 3.8) is 0 Å². The predicted molar refractivity (Wildman–Crippen MR) is 79.2 cm³/mol. The summed E-state index contributed by atoms with van der Waals surface area (Å²) >= 11 is 0. The molecule has 0 saturated carbocycles. The molecular weight excluding hydrogens is 234 g/mol. The van der Waals surface area contributed by atoms with Gasteiger partial charge in [-0.05, 0) is 44.7 Å². The summed E-state index contributed by atoms with van der Waals surface area (Å²) in [5.74, 6) is 1.04. The van der Waals surface area contributed by atoms with Gasteiger partial charge in [0.05, 0.1) is 5.69 Å². The summed E-state index contributed by atoms with van der Waals surface area (Å²) in [7, 11) is 2.07. The van der Waals surface area contributed by atoms with E-state index in [1.807, 2.05) is 6.92 Å². The molecule has 0 aliphatic rings. The number of hydrogen-bond donors (Lipinski definition) is 1. The van der Waals surface area contributed by atoms with Crippen LogP contribution in [0.15, 0.2) is 18.2 Å². The average Bonchev–Trinajstić information content (AvgIpc) is 2.65. The lowest BCUT2D eigenvalue weighted by molar-refractivity contribution is 0.764. The van der Waals surface area contributed by atoms with Gasteiger partial charge >= 0.3 is 0 Å². The van der Waals surface area contributed by atoms with Crippen molar-refractivity contribution in [2.75, 3.05) is 0 Å². The standard InChI is InChI=1S/C16H23N3/c1-11-5-6-14(12(2)9-11)7-8-16-15(10-17)18-13(3)19(16)4/h5-6,9H,7-8,10,17H2,1-4H3. The van der Waals surface area contributed by atoms with E-state index in [0.717, 1.165) is 24.4 Å². The SMILES string of the molecule is Cc1ccc(CCc2c(CN)nc(C)n2C)c(C)c1. The van der Waals surface area contributed by atoms with Crippen LogP contribution in [0, 0.1) is 20.8 Å². The van der Waals surface area contributed by atoms with Crippen molar-refractivity contribution in [2.24, 2.45) is 12.8 Å². The van der Waals surface area contributed by atoms with Crippen molar-refractivity contribution in [2.45, 2.75) is 40.2 Å². The number of nitrogens with two attached hydrogens (primary N) is 1. The Morgan fingerprint density at radius 3 is 2.53 bits per heavy atom. The molecule has 3 heteroatoms. The molecule has 2 N–H and O–H groups in total. The molecule has 1 aromatic heterocycles. The van der Waals surface area contributed by atoms with Gasteiger partial charge in [-0.1, -0.05) is 23.8 Å². The first-order valence-electron chi connectivity index (χ1n) is 6.80. The Morgan fingerprint density at radius 1 is 1.16 bits per heavy atom. The van der Waals surface area contributed by atoms with Crippen LogP contribution >= 0.6 is 0 Å². The molecule has 0 bridgehead atoms. The van der Waals surface area contributed by atoms with E-state index in [4.69, 9.17) is 5.73 Å². The normalized spacial score (nSPS) is 11.0. The van der Waals surface area contributed by atoms with Gasteiger partial charge in [-0.2, -0.15) is 0 Å². The highest BCUT2D eigenvalue weighted by Gasteiger charge is 2.11. The summed E-state index contributed by atoms with van der Waals surface area (Å²) in [6, 6.07) is 6.66. The zero-order chi connectivity index (χ0) is 14.0. The molecule has 102 valence electrons. The van der Waals surface area contributed by atoms with Crippen molar-refractivity contribution >= 4 is 0 Å². The van der Waals surface area contributed by atoms with Gasteiger partial charge in [-0.15, -0.1) is 0 Å². The number of rotatable bonds is 4. The maximum absolute atomic E-state index is 5.78. The van der Waals surface area contributed by atoms with Crippen molar-refractivity contribution in [1.29, 1.82) is 0 Å². The Balaban J connectivity index is 2.18. The molecular formula is C16H23N3. The molecule has 0 amide bonds. The fraction of sp³-hybridized carbons (Fsp3) is 0.438. The third-order valence-electron chi connectivity index (χ3n) is 3.84. The van der Waals surface area contributed by atoms with Crippen LogP contribution < -0.4 is 5.73 Å². The number of benzene rings is 1. The van der Waals surface area contributed by atoms with E-state index in [0.29, 0.717) is 6.54 Å². The molecule has 3 nitrogen and oxygen atoms in total. The number of aryl methyl sites for hydroxylation is 4. The number of nitrogens with zero attached hydrogens (tertiary/aromatic N) is 2. The molecule has 0 aliphatic heterocycles. The van der Waals surface area contributed by atoms with Crippen LogP contribution in [0.25, 0.3) is 0 Å². The second-order valence-corrected chi connectivity index (χ2v) is 5.25. The lowest BCUT2D eigenvalue weighted by atomic mass is 10.0. The monoisotopic (exact) mass is 257 g/mol. The first-order valence-corrected chi connectivity index (χ1v) is 6.80. The zero-order valence-corrected chi connectivity index (χ0v) is 12.3. The quantitative estimate of drug-likeness (QED) is 0.915. The summed E-state index contributed by atoms with van der Waals surface area (Å²) in [5, 5.41) is 0. The second-order valence-electron chi connectivity index (χ2n) is 5.25. The van der Waals surface area contributed by atoms with Crippen LogP contribution in [0.4, 0.5) is 0 Å². The molecule has 1 heterocycles. The minimum Gasteiger partial charge on any atom is -0.335 e. The van der Waals surface area contributed by atoms with Crippen LogP contribution in [-0.4, -0.2) is 9.55 Å². The van der Waals surface area contributed by atoms with Gasteiger partial charge in [0, 0.05) is 19.3 Å². The molecule has 0 aliphatic carbocycles. The van der Waals surface area contributed by atoms with Crippen LogP contribution in [0.3, 0.4) is 0 Å². The van der Waals surface area contributed by atoms with E-state index in [2.05, 4.69) is 48.6 Å². The third-order valence-corrected chi connectivity index (χ3v) is 3.84. The lowest BCUT2D eigenvalue weighted by Gasteiger charge is -2.09. The Bertz CT molecular complexity index is 582. The lowest BCUT2D eigenvalue weighted by Crippen LogP contribution is -2.06. The molecule has 0 spiro atoms. The Morgan fingerprint density at radius 2 is 1.89 bits per heavy atom. The Labute approximate surface area is 115 Å². The van der Waals surface area contributed by atoms with E-state index >= 15 is 0 Å². The van der Waals surface area contributed by atoms with Crippen molar-refractivity contribution in [3.8, 4) is 0 Å². The van der Waals surface area contributed by atoms with Gasteiger partial charge in [0.1, 0.15) is 5.82 Å². The average molecular weight is 257 g/mol. The molecule has 1 aromatic carbocycles. The molecule has 0 atom stereocenters. The molecule has 2 aromatic rings. The summed E-state index contributed by atoms with van der Waals surface area (Å²) in [6.07, 6.45) is 2.03. The zero-order valence-electron chi connectivity index (χ0n) is 12.3. The van der Waals surface area contributed by atoms with Gasteiger partial charge < -0.3 is 10.3 Å². The van der Waals surface area contributed by atoms with Crippen molar-refractivity contribution in [1.82, 2.24) is 9.55 Å². The topological polar surface area (TPSA) is 43.8 Å². The Kier molecular flexibility index (Phi) is 4.05. The maximum Gasteiger partial charge on any atom is 0.105 e. The van der Waals surface area contributed by atoms with E-state index in [-0.39, 0.29) is 0 Å². The first-order chi connectivity index (χ1) is 9.02. The molecule has 2 rings (SSSR count). The number of hydrogen-bond acceptors (Lipinski definition) is 2. The Hall–Kier alpha value is -1.61. The van der Waals surface area contributed by atoms with Crippen molar-refractivity contribution < 1.29 is 0 Å². The second kappa shape index (κ2) is 5.57. The minimum atomic E-state index is 0.518. The smallest absolute Gasteiger partial charge is 0.105 e. The molecule has 0 fully saturated rings. The van der Waals surface area contributed by atoms with Gasteiger partial charge in [0.15, 0.2) is 0 Å². The van der Waals surface area contributed by atoms with Gasteiger partial charge in [-0.25, -0.2) is 4.98 Å². The largest absolute Gasteiger partial charge is 0.335 e. The van der Waals surface area contributed by atoms with E-state index < -0.39 is 0 Å². The predicted octanol–water partition coefficient (Wildman–Crippen LogP) is 2.59. The summed E-state index contributed by atoms with van der Waals surface area (Å²) in [4.78, 5) is 4.52. The van der Waals surface area contributed by atoms with Gasteiger partial charge in [0.2, 0.25) is 0 Å². The highest BCUT2D eigenvalue weighted by atomic mass is 15.1. The third kappa shape index (κ3) is 2.87. The summed E-state index contributed by atoms with van der Waals surface area (Å²) < 4.78 is 2.16. The van der Waals surface area contributed by atoms with Crippen LogP contribution in [0.1, 0.15) is 33.9 Å².